The molecule has 0 bridgehead atoms. The van der Waals surface area contributed by atoms with E-state index in [4.69, 9.17) is 4.74 Å². The van der Waals surface area contributed by atoms with Crippen LogP contribution in [0.15, 0.2) is 6.07 Å². The first-order valence-corrected chi connectivity index (χ1v) is 8.45. The average molecular weight is 338 g/mol. The molecule has 7 heteroatoms. The van der Waals surface area contributed by atoms with Crippen LogP contribution >= 0.6 is 11.3 Å². The van der Waals surface area contributed by atoms with Crippen molar-refractivity contribution in [1.82, 2.24) is 10.2 Å². The van der Waals surface area contributed by atoms with E-state index in [0.717, 1.165) is 19.3 Å². The van der Waals surface area contributed by atoms with Crippen LogP contribution in [0.25, 0.3) is 0 Å². The maximum absolute atomic E-state index is 12.1. The first-order valence-electron chi connectivity index (χ1n) is 7.64. The number of nitrogens with one attached hydrogen (secondary N) is 1. The summed E-state index contributed by atoms with van der Waals surface area (Å²) in [5.41, 5.74) is 1.23. The Labute approximate surface area is 139 Å². The molecule has 1 aliphatic rings. The summed E-state index contributed by atoms with van der Waals surface area (Å²) in [5, 5.41) is 2.43. The van der Waals surface area contributed by atoms with Gasteiger partial charge < -0.3 is 15.0 Å². The number of carbonyl (C=O) groups excluding carboxylic acids is 3. The van der Waals surface area contributed by atoms with E-state index >= 15 is 0 Å². The summed E-state index contributed by atoms with van der Waals surface area (Å²) in [6.45, 7) is 1.79. The lowest BCUT2D eigenvalue weighted by atomic mass is 9.90. The minimum atomic E-state index is -0.473. The van der Waals surface area contributed by atoms with Gasteiger partial charge in [0.05, 0.1) is 6.54 Å². The van der Waals surface area contributed by atoms with Crippen molar-refractivity contribution in [2.45, 2.75) is 26.2 Å². The van der Waals surface area contributed by atoms with Crippen molar-refractivity contribution < 1.29 is 19.1 Å². The van der Waals surface area contributed by atoms with E-state index in [1.54, 1.807) is 0 Å². The van der Waals surface area contributed by atoms with Gasteiger partial charge in [-0.25, -0.2) is 4.79 Å². The van der Waals surface area contributed by atoms with Crippen molar-refractivity contribution >= 4 is 29.1 Å². The molecule has 0 saturated heterocycles. The Morgan fingerprint density at radius 3 is 2.87 bits per heavy atom. The molecule has 126 valence electrons. The molecule has 0 aromatic carbocycles. The predicted molar refractivity (Wildman–Crippen MR) is 87.5 cm³/mol. The van der Waals surface area contributed by atoms with Crippen LogP contribution in [-0.2, 0) is 27.2 Å². The van der Waals surface area contributed by atoms with E-state index in [2.05, 4.69) is 12.2 Å². The van der Waals surface area contributed by atoms with Crippen molar-refractivity contribution in [2.24, 2.45) is 5.92 Å². The van der Waals surface area contributed by atoms with E-state index in [9.17, 15) is 14.4 Å². The molecule has 0 spiro atoms. The maximum atomic E-state index is 12.1. The van der Waals surface area contributed by atoms with Crippen LogP contribution in [0.3, 0.4) is 0 Å². The summed E-state index contributed by atoms with van der Waals surface area (Å²) in [6.07, 6.45) is 3.14. The first-order chi connectivity index (χ1) is 10.9. The molecule has 1 aliphatic carbocycles. The van der Waals surface area contributed by atoms with Crippen LogP contribution in [0.5, 0.6) is 0 Å². The van der Waals surface area contributed by atoms with Gasteiger partial charge in [0.25, 0.3) is 5.91 Å². The zero-order valence-corrected chi connectivity index (χ0v) is 14.5. The minimum absolute atomic E-state index is 0.0575. The van der Waals surface area contributed by atoms with Crippen LogP contribution < -0.4 is 5.32 Å². The van der Waals surface area contributed by atoms with Crippen molar-refractivity contribution in [3.05, 3.63) is 21.4 Å². The Morgan fingerprint density at radius 2 is 2.17 bits per heavy atom. The molecule has 2 rings (SSSR count). The summed E-state index contributed by atoms with van der Waals surface area (Å²) in [4.78, 5) is 38.2. The number of amides is 2. The Kier molecular flexibility index (Phi) is 5.76. The number of hydrogen-bond donors (Lipinski definition) is 1. The van der Waals surface area contributed by atoms with E-state index < -0.39 is 11.9 Å². The summed E-state index contributed by atoms with van der Waals surface area (Å²) < 4.78 is 5.08. The third-order valence-corrected chi connectivity index (χ3v) is 5.16. The molecule has 0 unspecified atom stereocenters. The van der Waals surface area contributed by atoms with Crippen molar-refractivity contribution in [3.8, 4) is 0 Å². The fourth-order valence-corrected chi connectivity index (χ4v) is 3.60. The Bertz CT molecular complexity index is 611. The largest absolute Gasteiger partial charge is 0.451 e. The number of rotatable bonds is 5. The van der Waals surface area contributed by atoms with E-state index in [1.807, 2.05) is 6.07 Å². The lowest BCUT2D eigenvalue weighted by Crippen LogP contribution is -2.39. The molecule has 6 nitrogen and oxygen atoms in total. The SMILES string of the molecule is CNC(=O)CN(C)C(=O)COC(=O)c1cc2c(s1)CC[C@@H](C)C2. The van der Waals surface area contributed by atoms with Crippen LogP contribution in [-0.4, -0.2) is 49.9 Å². The molecule has 0 aliphatic heterocycles. The Morgan fingerprint density at radius 1 is 1.43 bits per heavy atom. The van der Waals surface area contributed by atoms with Gasteiger partial charge in [0.2, 0.25) is 5.91 Å². The molecule has 0 saturated carbocycles. The zero-order chi connectivity index (χ0) is 17.0. The highest BCUT2D eigenvalue weighted by Crippen LogP contribution is 2.32. The van der Waals surface area contributed by atoms with Crippen molar-refractivity contribution in [1.29, 1.82) is 0 Å². The van der Waals surface area contributed by atoms with Gasteiger partial charge in [-0.2, -0.15) is 0 Å². The lowest BCUT2D eigenvalue weighted by Gasteiger charge is -2.16. The van der Waals surface area contributed by atoms with Gasteiger partial charge in [0, 0.05) is 19.0 Å². The number of aryl methyl sites for hydroxylation is 1. The Hall–Kier alpha value is -1.89. The maximum Gasteiger partial charge on any atom is 0.348 e. The van der Waals surface area contributed by atoms with Crippen LogP contribution in [0, 0.1) is 5.92 Å². The molecule has 1 aromatic rings. The quantitative estimate of drug-likeness (QED) is 0.820. The van der Waals surface area contributed by atoms with Gasteiger partial charge in [-0.05, 0) is 36.8 Å². The highest BCUT2D eigenvalue weighted by molar-refractivity contribution is 7.14. The number of carbonyl (C=O) groups is 3. The number of esters is 1. The standard InChI is InChI=1S/C16H22N2O4S/c1-10-4-5-12-11(6-10)7-13(23-12)16(21)22-9-15(20)18(3)8-14(19)17-2/h7,10H,4-6,8-9H2,1-3H3,(H,17,19)/t10-/m1/s1. The highest BCUT2D eigenvalue weighted by atomic mass is 32.1. The third-order valence-electron chi connectivity index (χ3n) is 3.94. The van der Waals surface area contributed by atoms with Gasteiger partial charge in [-0.3, -0.25) is 9.59 Å². The van der Waals surface area contributed by atoms with Gasteiger partial charge in [0.15, 0.2) is 6.61 Å². The average Bonchev–Trinajstić information content (AvgIpc) is 2.94. The lowest BCUT2D eigenvalue weighted by molar-refractivity contribution is -0.137. The van der Waals surface area contributed by atoms with Crippen LogP contribution in [0.1, 0.15) is 33.5 Å². The fraction of sp³-hybridized carbons (Fsp3) is 0.562. The van der Waals surface area contributed by atoms with Crippen molar-refractivity contribution in [2.75, 3.05) is 27.2 Å². The number of likely N-dealkylation sites (N-methyl/N-ethyl adjacent to an activating group) is 2. The first kappa shape index (κ1) is 17.5. The molecule has 23 heavy (non-hydrogen) atoms. The molecular formula is C16H22N2O4S. The van der Waals surface area contributed by atoms with Gasteiger partial charge in [0.1, 0.15) is 4.88 Å². The van der Waals surface area contributed by atoms with E-state index in [0.29, 0.717) is 10.8 Å². The third kappa shape index (κ3) is 4.54. The van der Waals surface area contributed by atoms with Gasteiger partial charge >= 0.3 is 5.97 Å². The van der Waals surface area contributed by atoms with Crippen LogP contribution in [0.2, 0.25) is 0 Å². The molecule has 2 amide bonds. The summed E-state index contributed by atoms with van der Waals surface area (Å²) in [5.74, 6) is -0.510. The normalized spacial score (nSPS) is 16.4. The summed E-state index contributed by atoms with van der Waals surface area (Å²) >= 11 is 1.46. The molecule has 0 fully saturated rings. The van der Waals surface area contributed by atoms with Crippen LogP contribution in [0.4, 0.5) is 0 Å². The molecule has 1 aromatic heterocycles. The van der Waals surface area contributed by atoms with E-state index in [-0.39, 0.29) is 19.1 Å². The second-order valence-electron chi connectivity index (χ2n) is 5.91. The molecule has 1 heterocycles. The molecule has 1 atom stereocenters. The summed E-state index contributed by atoms with van der Waals surface area (Å²) in [6, 6.07) is 1.89. The minimum Gasteiger partial charge on any atom is -0.451 e. The molecular weight excluding hydrogens is 316 g/mol. The van der Waals surface area contributed by atoms with Gasteiger partial charge in [-0.1, -0.05) is 6.92 Å². The molecule has 1 N–H and O–H groups in total. The summed E-state index contributed by atoms with van der Waals surface area (Å²) in [7, 11) is 3.00. The van der Waals surface area contributed by atoms with Gasteiger partial charge in [-0.15, -0.1) is 11.3 Å². The topological polar surface area (TPSA) is 75.7 Å². The second kappa shape index (κ2) is 7.59. The van der Waals surface area contributed by atoms with E-state index in [1.165, 1.54) is 40.8 Å². The molecule has 0 radical (unpaired) electrons. The van der Waals surface area contributed by atoms with Crippen molar-refractivity contribution in [3.63, 3.8) is 0 Å². The highest BCUT2D eigenvalue weighted by Gasteiger charge is 2.22. The number of nitrogens with zero attached hydrogens (tertiary/aromatic N) is 1. The number of ether oxygens (including phenoxy) is 1. The monoisotopic (exact) mass is 338 g/mol. The smallest absolute Gasteiger partial charge is 0.348 e. The number of thiophene rings is 1. The zero-order valence-electron chi connectivity index (χ0n) is 13.7. The Balaban J connectivity index is 1.87. The predicted octanol–water partition coefficient (Wildman–Crippen LogP) is 1.23. The number of fused-ring (bicyclic) bond motifs is 1. The number of hydrogen-bond acceptors (Lipinski definition) is 5. The fourth-order valence-electron chi connectivity index (χ4n) is 2.50. The second-order valence-corrected chi connectivity index (χ2v) is 7.04.